The van der Waals surface area contributed by atoms with Gasteiger partial charge in [0, 0.05) is 18.7 Å². The number of aliphatic hydroxyl groups excluding tert-OH is 2. The molecule has 3 nitrogen and oxygen atoms in total. The first kappa shape index (κ1) is 11.4. The van der Waals surface area contributed by atoms with Crippen molar-refractivity contribution in [3.63, 3.8) is 0 Å². The molecule has 3 heteroatoms. The van der Waals surface area contributed by atoms with E-state index in [9.17, 15) is 10.2 Å². The van der Waals surface area contributed by atoms with Gasteiger partial charge in [-0.3, -0.25) is 0 Å². The van der Waals surface area contributed by atoms with Gasteiger partial charge in [0.25, 0.3) is 0 Å². The molecule has 0 spiro atoms. The SMILES string of the molecule is OCC1CCCC1N[C@@H]1CCCC[C@H]1O. The summed E-state index contributed by atoms with van der Waals surface area (Å²) in [6, 6.07) is 0.712. The molecule has 2 aliphatic carbocycles. The summed E-state index contributed by atoms with van der Waals surface area (Å²) in [5, 5.41) is 22.7. The van der Waals surface area contributed by atoms with Gasteiger partial charge in [0.15, 0.2) is 0 Å². The Morgan fingerprint density at radius 2 is 1.67 bits per heavy atom. The molecule has 0 aromatic heterocycles. The molecule has 88 valence electrons. The maximum Gasteiger partial charge on any atom is 0.0693 e. The van der Waals surface area contributed by atoms with Crippen LogP contribution in [0.15, 0.2) is 0 Å². The zero-order valence-corrected chi connectivity index (χ0v) is 9.36. The Labute approximate surface area is 91.9 Å². The van der Waals surface area contributed by atoms with Crippen LogP contribution in [0.3, 0.4) is 0 Å². The summed E-state index contributed by atoms with van der Waals surface area (Å²) in [5.41, 5.74) is 0. The van der Waals surface area contributed by atoms with Crippen LogP contribution in [0.2, 0.25) is 0 Å². The number of aliphatic hydroxyl groups is 2. The Morgan fingerprint density at radius 1 is 0.933 bits per heavy atom. The lowest BCUT2D eigenvalue weighted by molar-refractivity contribution is 0.0776. The van der Waals surface area contributed by atoms with Crippen LogP contribution >= 0.6 is 0 Å². The largest absolute Gasteiger partial charge is 0.396 e. The van der Waals surface area contributed by atoms with Gasteiger partial charge >= 0.3 is 0 Å². The second kappa shape index (κ2) is 5.28. The van der Waals surface area contributed by atoms with Gasteiger partial charge < -0.3 is 15.5 Å². The summed E-state index contributed by atoms with van der Waals surface area (Å²) >= 11 is 0. The van der Waals surface area contributed by atoms with Gasteiger partial charge in [0.2, 0.25) is 0 Å². The quantitative estimate of drug-likeness (QED) is 0.656. The van der Waals surface area contributed by atoms with E-state index in [4.69, 9.17) is 0 Å². The van der Waals surface area contributed by atoms with Crippen molar-refractivity contribution in [2.45, 2.75) is 63.1 Å². The van der Waals surface area contributed by atoms with Crippen LogP contribution in [-0.4, -0.2) is 35.0 Å². The minimum absolute atomic E-state index is 0.168. The van der Waals surface area contributed by atoms with Crippen LogP contribution < -0.4 is 5.32 Å². The van der Waals surface area contributed by atoms with E-state index in [1.165, 1.54) is 12.8 Å². The van der Waals surface area contributed by atoms with Gasteiger partial charge in [-0.15, -0.1) is 0 Å². The fourth-order valence-corrected chi connectivity index (χ4v) is 3.06. The molecule has 0 amide bonds. The second-order valence-electron chi connectivity index (χ2n) is 5.11. The first-order chi connectivity index (χ1) is 7.31. The van der Waals surface area contributed by atoms with Crippen molar-refractivity contribution in [3.05, 3.63) is 0 Å². The highest BCUT2D eigenvalue weighted by atomic mass is 16.3. The van der Waals surface area contributed by atoms with Crippen LogP contribution in [0.1, 0.15) is 44.9 Å². The molecule has 2 unspecified atom stereocenters. The Balaban J connectivity index is 1.84. The summed E-state index contributed by atoms with van der Waals surface area (Å²) in [4.78, 5) is 0. The first-order valence-electron chi connectivity index (χ1n) is 6.36. The fraction of sp³-hybridized carbons (Fsp3) is 1.00. The lowest BCUT2D eigenvalue weighted by Crippen LogP contribution is -2.48. The normalized spacial score (nSPS) is 42.0. The molecule has 2 fully saturated rings. The van der Waals surface area contributed by atoms with Crippen LogP contribution in [0.4, 0.5) is 0 Å². The topological polar surface area (TPSA) is 52.5 Å². The molecule has 0 aromatic rings. The summed E-state index contributed by atoms with van der Waals surface area (Å²) < 4.78 is 0. The molecule has 2 rings (SSSR count). The second-order valence-corrected chi connectivity index (χ2v) is 5.11. The molecule has 0 bridgehead atoms. The Hall–Kier alpha value is -0.120. The lowest BCUT2D eigenvalue weighted by Gasteiger charge is -2.32. The molecule has 0 aliphatic heterocycles. The average Bonchev–Trinajstić information content (AvgIpc) is 2.69. The Kier molecular flexibility index (Phi) is 4.00. The maximum atomic E-state index is 9.86. The standard InChI is InChI=1S/C12H23NO2/c14-8-9-4-3-6-10(9)13-11-5-1-2-7-12(11)15/h9-15H,1-8H2/t9?,10?,11-,12-/m1/s1. The van der Waals surface area contributed by atoms with Crippen LogP contribution in [0.25, 0.3) is 0 Å². The molecular weight excluding hydrogens is 190 g/mol. The minimum atomic E-state index is -0.168. The van der Waals surface area contributed by atoms with E-state index in [2.05, 4.69) is 5.32 Å². The van der Waals surface area contributed by atoms with Crippen molar-refractivity contribution in [1.82, 2.24) is 5.32 Å². The van der Waals surface area contributed by atoms with Crippen molar-refractivity contribution in [2.24, 2.45) is 5.92 Å². The number of nitrogens with one attached hydrogen (secondary N) is 1. The van der Waals surface area contributed by atoms with E-state index < -0.39 is 0 Å². The average molecular weight is 213 g/mol. The van der Waals surface area contributed by atoms with Crippen molar-refractivity contribution >= 4 is 0 Å². The van der Waals surface area contributed by atoms with Crippen LogP contribution in [-0.2, 0) is 0 Å². The highest BCUT2D eigenvalue weighted by Crippen LogP contribution is 2.27. The predicted molar refractivity (Wildman–Crippen MR) is 59.6 cm³/mol. The zero-order valence-electron chi connectivity index (χ0n) is 9.36. The third-order valence-electron chi connectivity index (χ3n) is 4.05. The third kappa shape index (κ3) is 2.71. The number of hydrogen-bond acceptors (Lipinski definition) is 3. The molecule has 4 atom stereocenters. The molecule has 0 saturated heterocycles. The smallest absolute Gasteiger partial charge is 0.0693 e. The molecule has 0 aromatic carbocycles. The van der Waals surface area contributed by atoms with Crippen molar-refractivity contribution in [1.29, 1.82) is 0 Å². The number of rotatable bonds is 3. The van der Waals surface area contributed by atoms with E-state index in [0.29, 0.717) is 18.6 Å². The van der Waals surface area contributed by atoms with Gasteiger partial charge in [-0.1, -0.05) is 19.3 Å². The fourth-order valence-electron chi connectivity index (χ4n) is 3.06. The van der Waals surface area contributed by atoms with Crippen LogP contribution in [0, 0.1) is 5.92 Å². The lowest BCUT2D eigenvalue weighted by atomic mass is 9.91. The summed E-state index contributed by atoms with van der Waals surface area (Å²) in [6.07, 6.45) is 7.76. The van der Waals surface area contributed by atoms with Gasteiger partial charge in [0.05, 0.1) is 6.10 Å². The molecule has 2 saturated carbocycles. The minimum Gasteiger partial charge on any atom is -0.396 e. The van der Waals surface area contributed by atoms with Crippen molar-refractivity contribution in [3.8, 4) is 0 Å². The molecule has 0 radical (unpaired) electrons. The maximum absolute atomic E-state index is 9.86. The van der Waals surface area contributed by atoms with E-state index in [1.54, 1.807) is 0 Å². The molecule has 3 N–H and O–H groups in total. The monoisotopic (exact) mass is 213 g/mol. The number of hydrogen-bond donors (Lipinski definition) is 3. The van der Waals surface area contributed by atoms with E-state index in [0.717, 1.165) is 32.1 Å². The molecule has 15 heavy (non-hydrogen) atoms. The highest BCUT2D eigenvalue weighted by molar-refractivity contribution is 4.89. The first-order valence-corrected chi connectivity index (χ1v) is 6.36. The Bertz CT molecular complexity index is 198. The van der Waals surface area contributed by atoms with E-state index in [1.807, 2.05) is 0 Å². The van der Waals surface area contributed by atoms with E-state index >= 15 is 0 Å². The molecule has 0 heterocycles. The van der Waals surface area contributed by atoms with Crippen molar-refractivity contribution in [2.75, 3.05) is 6.61 Å². The summed E-state index contributed by atoms with van der Waals surface area (Å²) in [6.45, 7) is 0.292. The van der Waals surface area contributed by atoms with Gasteiger partial charge in [-0.2, -0.15) is 0 Å². The summed E-state index contributed by atoms with van der Waals surface area (Å²) in [7, 11) is 0. The molecule has 2 aliphatic rings. The van der Waals surface area contributed by atoms with Gasteiger partial charge in [0.1, 0.15) is 0 Å². The Morgan fingerprint density at radius 3 is 2.40 bits per heavy atom. The predicted octanol–water partition coefficient (Wildman–Crippen LogP) is 1.04. The van der Waals surface area contributed by atoms with Gasteiger partial charge in [-0.25, -0.2) is 0 Å². The summed E-state index contributed by atoms with van der Waals surface area (Å²) in [5.74, 6) is 0.416. The van der Waals surface area contributed by atoms with Crippen molar-refractivity contribution < 1.29 is 10.2 Å². The third-order valence-corrected chi connectivity index (χ3v) is 4.05. The van der Waals surface area contributed by atoms with Crippen LogP contribution in [0.5, 0.6) is 0 Å². The van der Waals surface area contributed by atoms with E-state index in [-0.39, 0.29) is 12.1 Å². The molecular formula is C12H23NO2. The van der Waals surface area contributed by atoms with Gasteiger partial charge in [-0.05, 0) is 31.6 Å². The zero-order chi connectivity index (χ0) is 10.7. The highest BCUT2D eigenvalue weighted by Gasteiger charge is 2.31.